The number of thiocarbonyl (C=S) groups is 1. The van der Waals surface area contributed by atoms with Crippen molar-refractivity contribution in [2.75, 3.05) is 53.4 Å². The van der Waals surface area contributed by atoms with Crippen molar-refractivity contribution < 1.29 is 0 Å². The predicted octanol–water partition coefficient (Wildman–Crippen LogP) is 0.635. The second-order valence-corrected chi connectivity index (χ2v) is 6.04. The van der Waals surface area contributed by atoms with Gasteiger partial charge in [0.1, 0.15) is 0 Å². The minimum atomic E-state index is 0.744. The summed E-state index contributed by atoms with van der Waals surface area (Å²) < 4.78 is 0. The van der Waals surface area contributed by atoms with Crippen LogP contribution < -0.4 is 5.32 Å². The SMILES string of the molecule is CN(C)CCN1CCN(C(=S)NCc2cccnc2)CC1. The summed E-state index contributed by atoms with van der Waals surface area (Å²) in [5.74, 6) is 0. The third-order valence-corrected chi connectivity index (χ3v) is 4.09. The number of hydrogen-bond donors (Lipinski definition) is 1. The average molecular weight is 307 g/mol. The fourth-order valence-electron chi connectivity index (χ4n) is 2.31. The van der Waals surface area contributed by atoms with Crippen molar-refractivity contribution in [3.63, 3.8) is 0 Å². The largest absolute Gasteiger partial charge is 0.358 e. The lowest BCUT2D eigenvalue weighted by Gasteiger charge is -2.36. The van der Waals surface area contributed by atoms with Crippen LogP contribution in [0.2, 0.25) is 0 Å². The number of hydrogen-bond acceptors (Lipinski definition) is 4. The molecule has 1 aromatic heterocycles. The van der Waals surface area contributed by atoms with Crippen LogP contribution in [0, 0.1) is 0 Å². The Balaban J connectivity index is 1.68. The molecule has 0 radical (unpaired) electrons. The Morgan fingerprint density at radius 2 is 2.10 bits per heavy atom. The first kappa shape index (κ1) is 16.1. The van der Waals surface area contributed by atoms with Crippen molar-refractivity contribution in [2.24, 2.45) is 0 Å². The van der Waals surface area contributed by atoms with Crippen molar-refractivity contribution in [2.45, 2.75) is 6.54 Å². The lowest BCUT2D eigenvalue weighted by molar-refractivity contribution is 0.168. The van der Waals surface area contributed by atoms with Crippen LogP contribution in [-0.4, -0.2) is 78.2 Å². The maximum Gasteiger partial charge on any atom is 0.169 e. The van der Waals surface area contributed by atoms with E-state index in [0.717, 1.165) is 56.5 Å². The molecule has 116 valence electrons. The zero-order valence-corrected chi connectivity index (χ0v) is 13.8. The van der Waals surface area contributed by atoms with E-state index in [-0.39, 0.29) is 0 Å². The van der Waals surface area contributed by atoms with Gasteiger partial charge in [-0.05, 0) is 37.9 Å². The van der Waals surface area contributed by atoms with Crippen LogP contribution in [0.5, 0.6) is 0 Å². The number of piperazine rings is 1. The van der Waals surface area contributed by atoms with Gasteiger partial charge in [0.05, 0.1) is 0 Å². The number of nitrogens with one attached hydrogen (secondary N) is 1. The maximum atomic E-state index is 5.49. The van der Waals surface area contributed by atoms with E-state index in [0.29, 0.717) is 0 Å². The Kier molecular flexibility index (Phi) is 6.35. The minimum absolute atomic E-state index is 0.744. The second-order valence-electron chi connectivity index (χ2n) is 5.65. The summed E-state index contributed by atoms with van der Waals surface area (Å²) >= 11 is 5.49. The van der Waals surface area contributed by atoms with Gasteiger partial charge in [-0.25, -0.2) is 0 Å². The van der Waals surface area contributed by atoms with Crippen LogP contribution >= 0.6 is 12.2 Å². The third-order valence-electron chi connectivity index (χ3n) is 3.69. The molecule has 2 rings (SSSR count). The molecule has 5 nitrogen and oxygen atoms in total. The molecule has 1 saturated heterocycles. The topological polar surface area (TPSA) is 34.6 Å². The zero-order valence-electron chi connectivity index (χ0n) is 13.0. The van der Waals surface area contributed by atoms with Crippen molar-refractivity contribution in [3.8, 4) is 0 Å². The highest BCUT2D eigenvalue weighted by Crippen LogP contribution is 2.03. The van der Waals surface area contributed by atoms with Crippen LogP contribution in [0.25, 0.3) is 0 Å². The first-order valence-corrected chi connectivity index (χ1v) is 7.85. The van der Waals surface area contributed by atoms with Crippen molar-refractivity contribution in [3.05, 3.63) is 30.1 Å². The Morgan fingerprint density at radius 3 is 2.71 bits per heavy atom. The molecule has 1 fully saturated rings. The molecule has 1 aromatic rings. The van der Waals surface area contributed by atoms with E-state index in [1.54, 1.807) is 6.20 Å². The summed E-state index contributed by atoms with van der Waals surface area (Å²) in [7, 11) is 4.24. The standard InChI is InChI=1S/C15H25N5S/c1-18(2)6-7-19-8-10-20(11-9-19)15(21)17-13-14-4-3-5-16-12-14/h3-5,12H,6-11,13H2,1-2H3,(H,17,21). The second kappa shape index (κ2) is 8.26. The average Bonchev–Trinajstić information content (AvgIpc) is 2.52. The summed E-state index contributed by atoms with van der Waals surface area (Å²) in [6, 6.07) is 4.01. The van der Waals surface area contributed by atoms with Gasteiger partial charge in [0.2, 0.25) is 0 Å². The van der Waals surface area contributed by atoms with Gasteiger partial charge in [-0.2, -0.15) is 0 Å². The fourth-order valence-corrected chi connectivity index (χ4v) is 2.56. The van der Waals surface area contributed by atoms with Crippen LogP contribution in [0.15, 0.2) is 24.5 Å². The number of rotatable bonds is 5. The number of likely N-dealkylation sites (N-methyl/N-ethyl adjacent to an activating group) is 1. The molecule has 21 heavy (non-hydrogen) atoms. The highest BCUT2D eigenvalue weighted by atomic mass is 32.1. The van der Waals surface area contributed by atoms with Gasteiger partial charge < -0.3 is 15.1 Å². The molecule has 1 aliphatic rings. The Morgan fingerprint density at radius 1 is 1.33 bits per heavy atom. The quantitative estimate of drug-likeness (QED) is 0.804. The molecule has 0 spiro atoms. The first-order valence-electron chi connectivity index (χ1n) is 7.44. The van der Waals surface area contributed by atoms with Crippen molar-refractivity contribution in [1.82, 2.24) is 25.0 Å². The highest BCUT2D eigenvalue weighted by molar-refractivity contribution is 7.80. The first-order chi connectivity index (χ1) is 10.1. The smallest absolute Gasteiger partial charge is 0.169 e. The molecular weight excluding hydrogens is 282 g/mol. The summed E-state index contributed by atoms with van der Waals surface area (Å²) in [5, 5.41) is 4.18. The lowest BCUT2D eigenvalue weighted by Crippen LogP contribution is -2.52. The molecule has 0 aliphatic carbocycles. The van der Waals surface area contributed by atoms with Gasteiger partial charge in [0, 0.05) is 58.2 Å². The normalized spacial score (nSPS) is 16.2. The lowest BCUT2D eigenvalue weighted by atomic mass is 10.3. The Labute approximate surface area is 132 Å². The molecule has 0 atom stereocenters. The Bertz CT molecular complexity index is 429. The van der Waals surface area contributed by atoms with E-state index < -0.39 is 0 Å². The van der Waals surface area contributed by atoms with E-state index in [1.165, 1.54) is 0 Å². The van der Waals surface area contributed by atoms with E-state index in [9.17, 15) is 0 Å². The van der Waals surface area contributed by atoms with Gasteiger partial charge >= 0.3 is 0 Å². The van der Waals surface area contributed by atoms with Crippen LogP contribution in [0.4, 0.5) is 0 Å². The van der Waals surface area contributed by atoms with E-state index in [4.69, 9.17) is 12.2 Å². The third kappa shape index (κ3) is 5.57. The molecule has 0 unspecified atom stereocenters. The van der Waals surface area contributed by atoms with Gasteiger partial charge in [-0.1, -0.05) is 6.07 Å². The summed E-state index contributed by atoms with van der Waals surface area (Å²) in [4.78, 5) is 11.1. The predicted molar refractivity (Wildman–Crippen MR) is 90.2 cm³/mol. The molecule has 6 heteroatoms. The number of nitrogens with zero attached hydrogens (tertiary/aromatic N) is 4. The molecular formula is C15H25N5S. The van der Waals surface area contributed by atoms with Crippen LogP contribution in [0.3, 0.4) is 0 Å². The van der Waals surface area contributed by atoms with Crippen molar-refractivity contribution in [1.29, 1.82) is 0 Å². The summed E-state index contributed by atoms with van der Waals surface area (Å²) in [6.07, 6.45) is 3.66. The molecule has 0 bridgehead atoms. The van der Waals surface area contributed by atoms with E-state index >= 15 is 0 Å². The molecule has 0 amide bonds. The maximum absolute atomic E-state index is 5.49. The molecule has 1 N–H and O–H groups in total. The van der Waals surface area contributed by atoms with Crippen LogP contribution in [0.1, 0.15) is 5.56 Å². The summed E-state index contributed by atoms with van der Waals surface area (Å²) in [6.45, 7) is 7.18. The van der Waals surface area contributed by atoms with Gasteiger partial charge in [-0.3, -0.25) is 9.88 Å². The molecule has 0 saturated carbocycles. The van der Waals surface area contributed by atoms with E-state index in [2.05, 4.69) is 45.2 Å². The summed E-state index contributed by atoms with van der Waals surface area (Å²) in [5.41, 5.74) is 1.16. The molecule has 1 aliphatic heterocycles. The highest BCUT2D eigenvalue weighted by Gasteiger charge is 2.18. The van der Waals surface area contributed by atoms with Gasteiger partial charge in [-0.15, -0.1) is 0 Å². The number of pyridine rings is 1. The Hall–Kier alpha value is -1.24. The number of aromatic nitrogens is 1. The fraction of sp³-hybridized carbons (Fsp3) is 0.600. The zero-order chi connectivity index (χ0) is 15.1. The van der Waals surface area contributed by atoms with E-state index in [1.807, 2.05) is 12.3 Å². The minimum Gasteiger partial charge on any atom is -0.358 e. The molecule has 2 heterocycles. The monoisotopic (exact) mass is 307 g/mol. The van der Waals surface area contributed by atoms with Gasteiger partial charge in [0.25, 0.3) is 0 Å². The van der Waals surface area contributed by atoms with Crippen molar-refractivity contribution >= 4 is 17.3 Å². The molecule has 0 aromatic carbocycles. The van der Waals surface area contributed by atoms with Crippen LogP contribution in [-0.2, 0) is 6.54 Å². The van der Waals surface area contributed by atoms with Gasteiger partial charge in [0.15, 0.2) is 5.11 Å².